The Morgan fingerprint density at radius 1 is 1.03 bits per heavy atom. The average Bonchev–Trinajstić information content (AvgIpc) is 2.95. The Bertz CT molecular complexity index is 1190. The molecule has 2 aromatic carbocycles. The number of nitrogens with zero attached hydrogens (tertiary/aromatic N) is 2. The molecule has 2 aliphatic rings. The Balaban J connectivity index is 1.16. The molecule has 2 aliphatic heterocycles. The van der Waals surface area contributed by atoms with E-state index in [4.69, 9.17) is 22.1 Å². The van der Waals surface area contributed by atoms with Crippen molar-refractivity contribution in [1.82, 2.24) is 15.1 Å². The number of ether oxygens (including phenoxy) is 1. The highest BCUT2D eigenvalue weighted by Gasteiger charge is 2.27. The minimum atomic E-state index is -0.319. The fraction of sp³-hybridized carbons (Fsp3) is 0.414. The van der Waals surface area contributed by atoms with Gasteiger partial charge in [-0.2, -0.15) is 0 Å². The van der Waals surface area contributed by atoms with Crippen LogP contribution in [0.1, 0.15) is 36.0 Å². The number of piperidine rings is 2. The maximum atomic E-state index is 12.8. The van der Waals surface area contributed by atoms with Crippen molar-refractivity contribution in [3.8, 4) is 5.75 Å². The lowest BCUT2D eigenvalue weighted by atomic mass is 9.94. The highest BCUT2D eigenvalue weighted by molar-refractivity contribution is 6.33. The summed E-state index contributed by atoms with van der Waals surface area (Å²) in [4.78, 5) is 41.7. The molecule has 2 heterocycles. The highest BCUT2D eigenvalue weighted by Crippen LogP contribution is 2.29. The second-order valence-electron chi connectivity index (χ2n) is 10.1. The van der Waals surface area contributed by atoms with Crippen LogP contribution >= 0.6 is 11.6 Å². The second-order valence-corrected chi connectivity index (χ2v) is 10.5. The third kappa shape index (κ3) is 7.97. The summed E-state index contributed by atoms with van der Waals surface area (Å²) >= 11 is 6.11. The Morgan fingerprint density at radius 3 is 2.38 bits per heavy atom. The van der Waals surface area contributed by atoms with E-state index in [1.807, 2.05) is 23.1 Å². The molecule has 4 N–H and O–H groups in total. The molecule has 0 aliphatic carbocycles. The molecule has 208 valence electrons. The molecule has 2 aromatic rings. The van der Waals surface area contributed by atoms with E-state index in [0.717, 1.165) is 45.3 Å². The van der Waals surface area contributed by atoms with Crippen molar-refractivity contribution in [3.05, 3.63) is 65.2 Å². The largest absolute Gasteiger partial charge is 0.496 e. The van der Waals surface area contributed by atoms with E-state index >= 15 is 0 Å². The van der Waals surface area contributed by atoms with Crippen molar-refractivity contribution < 1.29 is 19.1 Å². The molecular formula is C29H36ClN5O4. The fourth-order valence-electron chi connectivity index (χ4n) is 5.10. The zero-order valence-electron chi connectivity index (χ0n) is 22.2. The van der Waals surface area contributed by atoms with E-state index in [1.165, 1.54) is 19.3 Å². The van der Waals surface area contributed by atoms with Gasteiger partial charge in [-0.25, -0.2) is 0 Å². The number of benzene rings is 2. The van der Waals surface area contributed by atoms with Crippen LogP contribution in [-0.2, 0) is 9.59 Å². The molecule has 39 heavy (non-hydrogen) atoms. The van der Waals surface area contributed by atoms with Crippen molar-refractivity contribution in [3.63, 3.8) is 0 Å². The topological polar surface area (TPSA) is 117 Å². The molecule has 0 saturated carbocycles. The molecule has 9 nitrogen and oxygen atoms in total. The summed E-state index contributed by atoms with van der Waals surface area (Å²) in [6.07, 6.45) is 6.25. The van der Waals surface area contributed by atoms with Crippen molar-refractivity contribution in [1.29, 1.82) is 0 Å². The van der Waals surface area contributed by atoms with Crippen LogP contribution < -0.4 is 21.1 Å². The lowest BCUT2D eigenvalue weighted by molar-refractivity contribution is -0.127. The molecule has 10 heteroatoms. The Kier molecular flexibility index (Phi) is 9.84. The maximum Gasteiger partial charge on any atom is 0.255 e. The predicted molar refractivity (Wildman–Crippen MR) is 153 cm³/mol. The van der Waals surface area contributed by atoms with Crippen molar-refractivity contribution in [2.45, 2.75) is 31.7 Å². The highest BCUT2D eigenvalue weighted by atomic mass is 35.5. The van der Waals surface area contributed by atoms with Gasteiger partial charge in [-0.3, -0.25) is 14.4 Å². The average molecular weight is 554 g/mol. The molecule has 0 spiro atoms. The van der Waals surface area contributed by atoms with Crippen LogP contribution in [0.4, 0.5) is 11.4 Å². The number of likely N-dealkylation sites (tertiary alicyclic amines) is 2. The number of amides is 3. The molecule has 0 unspecified atom stereocenters. The molecule has 2 saturated heterocycles. The Labute approximate surface area is 234 Å². The minimum absolute atomic E-state index is 0.0835. The lowest BCUT2D eigenvalue weighted by Gasteiger charge is -2.37. The number of carbonyl (C=O) groups is 3. The first kappa shape index (κ1) is 28.4. The molecule has 0 atom stereocenters. The summed E-state index contributed by atoms with van der Waals surface area (Å²) in [5.74, 6) is 0.262. The zero-order chi connectivity index (χ0) is 27.8. The number of methoxy groups -OCH3 is 1. The van der Waals surface area contributed by atoms with E-state index in [2.05, 4.69) is 15.5 Å². The number of hydrogen-bond donors (Lipinski definition) is 3. The van der Waals surface area contributed by atoms with Crippen LogP contribution in [0.3, 0.4) is 0 Å². The molecule has 0 bridgehead atoms. The smallest absolute Gasteiger partial charge is 0.255 e. The lowest BCUT2D eigenvalue weighted by Crippen LogP contribution is -2.47. The second kappa shape index (κ2) is 13.5. The van der Waals surface area contributed by atoms with Gasteiger partial charge in [-0.1, -0.05) is 29.8 Å². The molecular weight excluding hydrogens is 518 g/mol. The molecule has 0 radical (unpaired) electrons. The summed E-state index contributed by atoms with van der Waals surface area (Å²) in [6, 6.07) is 12.3. The monoisotopic (exact) mass is 553 g/mol. The van der Waals surface area contributed by atoms with E-state index < -0.39 is 0 Å². The van der Waals surface area contributed by atoms with Gasteiger partial charge in [0.25, 0.3) is 5.91 Å². The first-order chi connectivity index (χ1) is 18.8. The first-order valence-corrected chi connectivity index (χ1v) is 13.7. The number of anilines is 2. The quantitative estimate of drug-likeness (QED) is 0.340. The molecule has 2 fully saturated rings. The number of carbonyl (C=O) groups excluding carboxylic acids is 3. The predicted octanol–water partition coefficient (Wildman–Crippen LogP) is 3.56. The maximum absolute atomic E-state index is 12.8. The molecule has 3 amide bonds. The normalized spacial score (nSPS) is 17.2. The van der Waals surface area contributed by atoms with E-state index in [9.17, 15) is 14.4 Å². The van der Waals surface area contributed by atoms with Gasteiger partial charge in [-0.15, -0.1) is 0 Å². The van der Waals surface area contributed by atoms with Gasteiger partial charge in [0.05, 0.1) is 23.4 Å². The van der Waals surface area contributed by atoms with Crippen LogP contribution in [0.25, 0.3) is 0 Å². The van der Waals surface area contributed by atoms with Crippen LogP contribution in [0.2, 0.25) is 5.02 Å². The summed E-state index contributed by atoms with van der Waals surface area (Å²) in [5.41, 5.74) is 7.27. The van der Waals surface area contributed by atoms with Crippen LogP contribution in [0, 0.1) is 5.92 Å². The van der Waals surface area contributed by atoms with Gasteiger partial charge in [-0.05, 0) is 49.8 Å². The Morgan fingerprint density at radius 2 is 1.72 bits per heavy atom. The first-order valence-electron chi connectivity index (χ1n) is 13.3. The Hall–Kier alpha value is -3.56. The van der Waals surface area contributed by atoms with Gasteiger partial charge in [0.1, 0.15) is 5.75 Å². The van der Waals surface area contributed by atoms with Gasteiger partial charge in [0, 0.05) is 62.7 Å². The van der Waals surface area contributed by atoms with E-state index in [1.54, 1.807) is 24.3 Å². The van der Waals surface area contributed by atoms with Crippen molar-refractivity contribution >= 4 is 40.7 Å². The SMILES string of the molecule is COc1cc(N)c(Cl)cc1C(=O)NC1CCN(CC2CCN(C(=O)/C=C/C(=O)Nc3ccccc3)CC2)CC1. The number of nitrogens with two attached hydrogens (primary N) is 1. The summed E-state index contributed by atoms with van der Waals surface area (Å²) in [7, 11) is 1.50. The van der Waals surface area contributed by atoms with Crippen LogP contribution in [0.5, 0.6) is 5.75 Å². The minimum Gasteiger partial charge on any atom is -0.496 e. The van der Waals surface area contributed by atoms with Crippen LogP contribution in [0.15, 0.2) is 54.6 Å². The van der Waals surface area contributed by atoms with Gasteiger partial charge in [0.15, 0.2) is 0 Å². The summed E-state index contributed by atoms with van der Waals surface area (Å²) < 4.78 is 5.31. The van der Waals surface area contributed by atoms with Gasteiger partial charge >= 0.3 is 0 Å². The number of nitrogen functional groups attached to an aromatic ring is 1. The van der Waals surface area contributed by atoms with E-state index in [0.29, 0.717) is 46.7 Å². The van der Waals surface area contributed by atoms with Gasteiger partial charge < -0.3 is 30.9 Å². The molecule has 0 aromatic heterocycles. The number of nitrogens with one attached hydrogen (secondary N) is 2. The molecule has 4 rings (SSSR count). The third-order valence-electron chi connectivity index (χ3n) is 7.35. The van der Waals surface area contributed by atoms with Crippen LogP contribution in [-0.4, -0.2) is 73.4 Å². The number of rotatable bonds is 8. The fourth-order valence-corrected chi connectivity index (χ4v) is 5.26. The standard InChI is InChI=1S/C29H36ClN5O4/c1-39-26-18-25(31)24(30)17-23(26)29(38)33-22-11-13-34(14-12-22)19-20-9-15-35(16-10-20)28(37)8-7-27(36)32-21-5-3-2-4-6-21/h2-8,17-18,20,22H,9-16,19,31H2,1H3,(H,32,36)(H,33,38)/b8-7+. The number of halogens is 1. The number of para-hydroxylation sites is 1. The number of hydrogen-bond acceptors (Lipinski definition) is 6. The zero-order valence-corrected chi connectivity index (χ0v) is 23.0. The van der Waals surface area contributed by atoms with Gasteiger partial charge in [0.2, 0.25) is 11.8 Å². The van der Waals surface area contributed by atoms with Crippen molar-refractivity contribution in [2.75, 3.05) is 50.9 Å². The van der Waals surface area contributed by atoms with Crippen molar-refractivity contribution in [2.24, 2.45) is 5.92 Å². The van der Waals surface area contributed by atoms with E-state index in [-0.39, 0.29) is 23.8 Å². The third-order valence-corrected chi connectivity index (χ3v) is 7.67. The summed E-state index contributed by atoms with van der Waals surface area (Å²) in [5, 5.41) is 6.18. The summed E-state index contributed by atoms with van der Waals surface area (Å²) in [6.45, 7) is 4.17.